The number of halogens is 1. The van der Waals surface area contributed by atoms with E-state index in [0.717, 1.165) is 12.2 Å². The number of carbonyl (C=O) groups excluding carboxylic acids is 1. The smallest absolute Gasteiger partial charge is 0.251 e. The second-order valence-corrected chi connectivity index (χ2v) is 4.92. The average Bonchev–Trinajstić information content (AvgIpc) is 2.29. The number of amides is 1. The SMILES string of the molecule is CC(CCCl)NC(=O)c1ccc(OC(C)C)cc1. The van der Waals surface area contributed by atoms with Gasteiger partial charge in [0.1, 0.15) is 5.75 Å². The van der Waals surface area contributed by atoms with Gasteiger partial charge in [0.15, 0.2) is 0 Å². The van der Waals surface area contributed by atoms with Crippen molar-refractivity contribution >= 4 is 17.5 Å². The van der Waals surface area contributed by atoms with E-state index in [1.807, 2.05) is 20.8 Å². The minimum atomic E-state index is -0.0799. The highest BCUT2D eigenvalue weighted by atomic mass is 35.5. The lowest BCUT2D eigenvalue weighted by Crippen LogP contribution is -2.32. The van der Waals surface area contributed by atoms with Gasteiger partial charge in [-0.1, -0.05) is 0 Å². The predicted molar refractivity (Wildman–Crippen MR) is 74.5 cm³/mol. The van der Waals surface area contributed by atoms with Crippen molar-refractivity contribution in [3.63, 3.8) is 0 Å². The Morgan fingerprint density at radius 3 is 2.39 bits per heavy atom. The number of alkyl halides is 1. The third-order valence-corrected chi connectivity index (χ3v) is 2.63. The molecule has 0 radical (unpaired) electrons. The molecule has 1 aromatic rings. The van der Waals surface area contributed by atoms with Crippen molar-refractivity contribution in [1.29, 1.82) is 0 Å². The van der Waals surface area contributed by atoms with Crippen LogP contribution in [0.4, 0.5) is 0 Å². The Morgan fingerprint density at radius 2 is 1.89 bits per heavy atom. The summed E-state index contributed by atoms with van der Waals surface area (Å²) in [6.07, 6.45) is 0.899. The molecule has 0 heterocycles. The van der Waals surface area contributed by atoms with Crippen LogP contribution in [-0.2, 0) is 0 Å². The fourth-order valence-electron chi connectivity index (χ4n) is 1.50. The summed E-state index contributed by atoms with van der Waals surface area (Å²) < 4.78 is 5.52. The summed E-state index contributed by atoms with van der Waals surface area (Å²) in [4.78, 5) is 11.9. The molecule has 1 rings (SSSR count). The minimum absolute atomic E-state index is 0.0799. The van der Waals surface area contributed by atoms with Gasteiger partial charge in [-0.2, -0.15) is 0 Å². The summed E-state index contributed by atoms with van der Waals surface area (Å²) in [6, 6.07) is 7.23. The number of hydrogen-bond donors (Lipinski definition) is 1. The molecule has 0 aliphatic heterocycles. The van der Waals surface area contributed by atoms with Gasteiger partial charge in [-0.15, -0.1) is 11.6 Å². The number of carbonyl (C=O) groups is 1. The molecule has 3 nitrogen and oxygen atoms in total. The lowest BCUT2D eigenvalue weighted by Gasteiger charge is -2.13. The van der Waals surface area contributed by atoms with Crippen LogP contribution in [0.15, 0.2) is 24.3 Å². The first-order valence-electron chi connectivity index (χ1n) is 6.16. The van der Waals surface area contributed by atoms with Crippen molar-refractivity contribution in [3.8, 4) is 5.75 Å². The molecule has 1 amide bonds. The van der Waals surface area contributed by atoms with Gasteiger partial charge < -0.3 is 10.1 Å². The second kappa shape index (κ2) is 7.27. The van der Waals surface area contributed by atoms with Gasteiger partial charge in [-0.05, 0) is 51.5 Å². The van der Waals surface area contributed by atoms with E-state index in [1.54, 1.807) is 24.3 Å². The van der Waals surface area contributed by atoms with Crippen LogP contribution in [0.1, 0.15) is 37.6 Å². The zero-order valence-electron chi connectivity index (χ0n) is 11.1. The summed E-state index contributed by atoms with van der Waals surface area (Å²) in [6.45, 7) is 5.87. The highest BCUT2D eigenvalue weighted by Gasteiger charge is 2.09. The first-order chi connectivity index (χ1) is 8.52. The lowest BCUT2D eigenvalue weighted by molar-refractivity contribution is 0.0939. The van der Waals surface area contributed by atoms with E-state index < -0.39 is 0 Å². The van der Waals surface area contributed by atoms with Crippen LogP contribution in [0, 0.1) is 0 Å². The summed E-state index contributed by atoms with van der Waals surface area (Å²) in [5.41, 5.74) is 0.632. The van der Waals surface area contributed by atoms with E-state index in [2.05, 4.69) is 5.32 Å². The van der Waals surface area contributed by atoms with E-state index in [1.165, 1.54) is 0 Å². The highest BCUT2D eigenvalue weighted by molar-refractivity contribution is 6.17. The van der Waals surface area contributed by atoms with Gasteiger partial charge in [-0.3, -0.25) is 4.79 Å². The van der Waals surface area contributed by atoms with Crippen molar-refractivity contribution in [2.24, 2.45) is 0 Å². The molecule has 0 aliphatic rings. The van der Waals surface area contributed by atoms with Crippen LogP contribution in [0.25, 0.3) is 0 Å². The number of benzene rings is 1. The van der Waals surface area contributed by atoms with Crippen LogP contribution >= 0.6 is 11.6 Å². The van der Waals surface area contributed by atoms with Crippen molar-refractivity contribution in [2.75, 3.05) is 5.88 Å². The van der Waals surface area contributed by atoms with Crippen LogP contribution in [0.3, 0.4) is 0 Å². The minimum Gasteiger partial charge on any atom is -0.491 e. The first kappa shape index (κ1) is 14.8. The van der Waals surface area contributed by atoms with Crippen LogP contribution in [0.5, 0.6) is 5.75 Å². The number of rotatable bonds is 6. The number of hydrogen-bond acceptors (Lipinski definition) is 2. The monoisotopic (exact) mass is 269 g/mol. The Balaban J connectivity index is 2.59. The molecule has 18 heavy (non-hydrogen) atoms. The first-order valence-corrected chi connectivity index (χ1v) is 6.70. The second-order valence-electron chi connectivity index (χ2n) is 4.54. The molecule has 0 fully saturated rings. The standard InChI is InChI=1S/C14H20ClNO2/c1-10(2)18-13-6-4-12(5-7-13)14(17)16-11(3)8-9-15/h4-7,10-11H,8-9H2,1-3H3,(H,16,17). The molecule has 0 bridgehead atoms. The van der Waals surface area contributed by atoms with E-state index in [4.69, 9.17) is 16.3 Å². The van der Waals surface area contributed by atoms with E-state index >= 15 is 0 Å². The molecule has 1 atom stereocenters. The fraction of sp³-hybridized carbons (Fsp3) is 0.500. The Labute approximate surface area is 113 Å². The third-order valence-electron chi connectivity index (χ3n) is 2.41. The van der Waals surface area contributed by atoms with Crippen molar-refractivity contribution in [1.82, 2.24) is 5.32 Å². The molecule has 1 aromatic carbocycles. The van der Waals surface area contributed by atoms with Crippen LogP contribution in [-0.4, -0.2) is 23.9 Å². The zero-order valence-corrected chi connectivity index (χ0v) is 11.8. The van der Waals surface area contributed by atoms with E-state index in [-0.39, 0.29) is 18.1 Å². The van der Waals surface area contributed by atoms with Gasteiger partial charge in [0.2, 0.25) is 0 Å². The van der Waals surface area contributed by atoms with Crippen LogP contribution in [0.2, 0.25) is 0 Å². The fourth-order valence-corrected chi connectivity index (χ4v) is 1.83. The molecule has 0 saturated heterocycles. The molecular weight excluding hydrogens is 250 g/mol. The largest absolute Gasteiger partial charge is 0.491 e. The predicted octanol–water partition coefficient (Wildman–Crippen LogP) is 3.22. The van der Waals surface area contributed by atoms with E-state index in [9.17, 15) is 4.79 Å². The molecule has 100 valence electrons. The Morgan fingerprint density at radius 1 is 1.28 bits per heavy atom. The summed E-state index contributed by atoms with van der Waals surface area (Å²) in [7, 11) is 0. The maximum Gasteiger partial charge on any atom is 0.251 e. The van der Waals surface area contributed by atoms with Gasteiger partial charge in [0, 0.05) is 17.5 Å². The molecular formula is C14H20ClNO2. The van der Waals surface area contributed by atoms with Crippen molar-refractivity contribution in [2.45, 2.75) is 39.3 Å². The topological polar surface area (TPSA) is 38.3 Å². The lowest BCUT2D eigenvalue weighted by atomic mass is 10.2. The molecule has 1 unspecified atom stereocenters. The van der Waals surface area contributed by atoms with Gasteiger partial charge in [-0.25, -0.2) is 0 Å². The van der Waals surface area contributed by atoms with E-state index in [0.29, 0.717) is 11.4 Å². The molecule has 0 aliphatic carbocycles. The molecule has 0 saturated carbocycles. The Kier molecular flexibility index (Phi) is 5.99. The molecule has 4 heteroatoms. The Bertz CT molecular complexity index is 376. The number of nitrogens with one attached hydrogen (secondary N) is 1. The Hall–Kier alpha value is -1.22. The molecule has 0 aromatic heterocycles. The number of ether oxygens (including phenoxy) is 1. The third kappa shape index (κ3) is 4.96. The van der Waals surface area contributed by atoms with Gasteiger partial charge in [0.25, 0.3) is 5.91 Å². The van der Waals surface area contributed by atoms with Gasteiger partial charge in [0.05, 0.1) is 6.10 Å². The summed E-state index contributed by atoms with van der Waals surface area (Å²) >= 11 is 5.63. The van der Waals surface area contributed by atoms with Crippen molar-refractivity contribution in [3.05, 3.63) is 29.8 Å². The average molecular weight is 270 g/mol. The maximum atomic E-state index is 11.9. The molecule has 0 spiro atoms. The van der Waals surface area contributed by atoms with Crippen LogP contribution < -0.4 is 10.1 Å². The quantitative estimate of drug-likeness (QED) is 0.806. The van der Waals surface area contributed by atoms with Gasteiger partial charge >= 0.3 is 0 Å². The summed E-state index contributed by atoms with van der Waals surface area (Å²) in [5.74, 6) is 1.24. The van der Waals surface area contributed by atoms with Crippen molar-refractivity contribution < 1.29 is 9.53 Å². The normalized spacial score (nSPS) is 12.3. The maximum absolute atomic E-state index is 11.9. The molecule has 1 N–H and O–H groups in total. The summed E-state index contributed by atoms with van der Waals surface area (Å²) in [5, 5.41) is 2.89. The zero-order chi connectivity index (χ0) is 13.5. The highest BCUT2D eigenvalue weighted by Crippen LogP contribution is 2.14.